The summed E-state index contributed by atoms with van der Waals surface area (Å²) in [5, 5.41) is 10.7. The largest absolute Gasteiger partial charge is 0.479 e. The van der Waals surface area contributed by atoms with Crippen LogP contribution in [0, 0.1) is 0 Å². The Hall–Kier alpha value is -2.05. The Morgan fingerprint density at radius 3 is 2.24 bits per heavy atom. The van der Waals surface area contributed by atoms with Gasteiger partial charge in [-0.3, -0.25) is 0 Å². The Morgan fingerprint density at radius 2 is 1.69 bits per heavy atom. The van der Waals surface area contributed by atoms with Crippen molar-refractivity contribution in [2.75, 3.05) is 6.61 Å². The van der Waals surface area contributed by atoms with E-state index in [1.54, 1.807) is 37.3 Å². The molecule has 3 N–H and O–H groups in total. The first-order valence-electron chi connectivity index (χ1n) is 8.64. The topological polar surface area (TPSA) is 84.9 Å². The number of carboxylic acid groups (broad SMARTS) is 1. The second-order valence-electron chi connectivity index (χ2n) is 6.82. The van der Waals surface area contributed by atoms with Gasteiger partial charge in [-0.2, -0.15) is 0 Å². The smallest absolute Gasteiger partial charge is 0.335 e. The molecule has 0 aliphatic heterocycles. The van der Waals surface area contributed by atoms with E-state index in [0.717, 1.165) is 5.56 Å². The summed E-state index contributed by atoms with van der Waals surface area (Å²) in [4.78, 5) is 15.9. The average Bonchev–Trinajstić information content (AvgIpc) is 2.66. The van der Waals surface area contributed by atoms with Gasteiger partial charge in [0.15, 0.2) is 5.60 Å². The number of benzene rings is 2. The van der Waals surface area contributed by atoms with E-state index < -0.39 is 11.6 Å². The standard InChI is InChI=1S/C21H21Cl3N2O3/c1-12(17(25)11-29-21(2,3)20(27)28)19(13-4-6-14(22)7-5-13)26-18-9-8-15(23)10-16(18)24/h4-10H,11,25H2,1-3H3,(H,27,28)/b17-12-,26-19?. The predicted octanol–water partition coefficient (Wildman–Crippen LogP) is 5.88. The fourth-order valence-corrected chi connectivity index (χ4v) is 2.82. The van der Waals surface area contributed by atoms with Crippen molar-refractivity contribution in [1.29, 1.82) is 0 Å². The van der Waals surface area contributed by atoms with Crippen LogP contribution in [0.4, 0.5) is 5.69 Å². The lowest BCUT2D eigenvalue weighted by atomic mass is 10.0. The van der Waals surface area contributed by atoms with Crippen molar-refractivity contribution in [1.82, 2.24) is 0 Å². The molecule has 0 aliphatic carbocycles. The molecule has 0 bridgehead atoms. The van der Waals surface area contributed by atoms with E-state index in [-0.39, 0.29) is 6.61 Å². The molecule has 0 amide bonds. The van der Waals surface area contributed by atoms with Crippen LogP contribution >= 0.6 is 34.8 Å². The fourth-order valence-electron chi connectivity index (χ4n) is 2.25. The normalized spacial score (nSPS) is 13.2. The summed E-state index contributed by atoms with van der Waals surface area (Å²) < 4.78 is 5.47. The van der Waals surface area contributed by atoms with E-state index in [0.29, 0.717) is 37.7 Å². The monoisotopic (exact) mass is 454 g/mol. The molecule has 8 heteroatoms. The van der Waals surface area contributed by atoms with Crippen LogP contribution in [0.15, 0.2) is 58.7 Å². The molecule has 0 spiro atoms. The highest BCUT2D eigenvalue weighted by Gasteiger charge is 2.28. The first-order valence-corrected chi connectivity index (χ1v) is 9.77. The molecule has 2 rings (SSSR count). The zero-order valence-corrected chi connectivity index (χ0v) is 18.4. The number of halogens is 3. The SMILES string of the molecule is C/C(C(=Nc1ccc(Cl)cc1Cl)c1ccc(Cl)cc1)=C(/N)COC(C)(C)C(=O)O. The number of nitrogens with zero attached hydrogens (tertiary/aromatic N) is 1. The molecule has 0 unspecified atom stereocenters. The van der Waals surface area contributed by atoms with E-state index in [4.69, 9.17) is 45.3 Å². The van der Waals surface area contributed by atoms with Crippen molar-refractivity contribution < 1.29 is 14.6 Å². The van der Waals surface area contributed by atoms with E-state index in [1.807, 2.05) is 12.1 Å². The van der Waals surface area contributed by atoms with Crippen LogP contribution in [-0.2, 0) is 9.53 Å². The first kappa shape index (κ1) is 23.2. The number of aliphatic carboxylic acids is 1. The lowest BCUT2D eigenvalue weighted by Crippen LogP contribution is -2.36. The van der Waals surface area contributed by atoms with Gasteiger partial charge in [-0.15, -0.1) is 0 Å². The van der Waals surface area contributed by atoms with Gasteiger partial charge in [0.05, 0.1) is 23.0 Å². The minimum atomic E-state index is -1.37. The molecule has 0 aromatic heterocycles. The Kier molecular flexibility index (Phi) is 7.72. The molecule has 2 aromatic carbocycles. The van der Waals surface area contributed by atoms with Gasteiger partial charge >= 0.3 is 5.97 Å². The molecule has 0 heterocycles. The molecule has 0 saturated heterocycles. The summed E-state index contributed by atoms with van der Waals surface area (Å²) >= 11 is 18.2. The van der Waals surface area contributed by atoms with Gasteiger partial charge in [0.2, 0.25) is 0 Å². The maximum Gasteiger partial charge on any atom is 0.335 e. The highest BCUT2D eigenvalue weighted by molar-refractivity contribution is 6.36. The lowest BCUT2D eigenvalue weighted by molar-refractivity contribution is -0.160. The maximum absolute atomic E-state index is 11.3. The van der Waals surface area contributed by atoms with Crippen LogP contribution in [0.25, 0.3) is 0 Å². The van der Waals surface area contributed by atoms with Crippen LogP contribution in [0.1, 0.15) is 26.3 Å². The molecule has 5 nitrogen and oxygen atoms in total. The number of rotatable bonds is 7. The zero-order chi connectivity index (χ0) is 21.8. The molecule has 0 aliphatic rings. The Balaban J connectivity index is 2.50. The molecule has 2 aromatic rings. The van der Waals surface area contributed by atoms with Gasteiger partial charge in [0.25, 0.3) is 0 Å². The minimum absolute atomic E-state index is 0.0773. The van der Waals surface area contributed by atoms with E-state index in [2.05, 4.69) is 4.99 Å². The number of nitrogens with two attached hydrogens (primary N) is 1. The van der Waals surface area contributed by atoms with Gasteiger partial charge in [0, 0.05) is 21.3 Å². The van der Waals surface area contributed by atoms with Crippen LogP contribution in [0.3, 0.4) is 0 Å². The van der Waals surface area contributed by atoms with Crippen LogP contribution in [0.5, 0.6) is 0 Å². The Labute approximate surface area is 184 Å². The summed E-state index contributed by atoms with van der Waals surface area (Å²) in [6.07, 6.45) is 0. The maximum atomic E-state index is 11.3. The molecule has 29 heavy (non-hydrogen) atoms. The summed E-state index contributed by atoms with van der Waals surface area (Å²) in [6.45, 7) is 4.62. The van der Waals surface area contributed by atoms with E-state index >= 15 is 0 Å². The number of ether oxygens (including phenoxy) is 1. The molecular weight excluding hydrogens is 435 g/mol. The second kappa shape index (κ2) is 9.63. The second-order valence-corrected chi connectivity index (χ2v) is 8.10. The number of carboxylic acids is 1. The highest BCUT2D eigenvalue weighted by Crippen LogP contribution is 2.30. The molecule has 0 atom stereocenters. The van der Waals surface area contributed by atoms with Crippen LogP contribution < -0.4 is 5.73 Å². The summed E-state index contributed by atoms with van der Waals surface area (Å²) in [5.41, 5.74) is 7.64. The average molecular weight is 456 g/mol. The van der Waals surface area contributed by atoms with Crippen molar-refractivity contribution in [3.05, 3.63) is 74.4 Å². The van der Waals surface area contributed by atoms with Crippen molar-refractivity contribution in [2.24, 2.45) is 10.7 Å². The van der Waals surface area contributed by atoms with Crippen molar-refractivity contribution in [2.45, 2.75) is 26.4 Å². The molecule has 154 valence electrons. The fraction of sp³-hybridized carbons (Fsp3) is 0.238. The summed E-state index contributed by atoms with van der Waals surface area (Å²) in [6, 6.07) is 12.1. The van der Waals surface area contributed by atoms with Crippen molar-refractivity contribution in [3.8, 4) is 0 Å². The third kappa shape index (κ3) is 6.21. The molecule has 0 fully saturated rings. The van der Waals surface area contributed by atoms with Gasteiger partial charge in [-0.25, -0.2) is 9.79 Å². The number of aliphatic imine (C=N–C) groups is 1. The van der Waals surface area contributed by atoms with Crippen LogP contribution in [-0.4, -0.2) is 29.0 Å². The van der Waals surface area contributed by atoms with E-state index in [1.165, 1.54) is 13.8 Å². The number of hydrogen-bond acceptors (Lipinski definition) is 4. The third-order valence-electron chi connectivity index (χ3n) is 4.20. The number of hydrogen-bond donors (Lipinski definition) is 2. The summed E-state index contributed by atoms with van der Waals surface area (Å²) in [7, 11) is 0. The first-order chi connectivity index (χ1) is 13.5. The van der Waals surface area contributed by atoms with Crippen LogP contribution in [0.2, 0.25) is 15.1 Å². The predicted molar refractivity (Wildman–Crippen MR) is 119 cm³/mol. The zero-order valence-electron chi connectivity index (χ0n) is 16.2. The number of allylic oxidation sites excluding steroid dienone is 1. The van der Waals surface area contributed by atoms with Gasteiger partial charge < -0.3 is 15.6 Å². The highest BCUT2D eigenvalue weighted by atomic mass is 35.5. The lowest BCUT2D eigenvalue weighted by Gasteiger charge is -2.21. The Morgan fingerprint density at radius 1 is 1.10 bits per heavy atom. The Bertz CT molecular complexity index is 968. The minimum Gasteiger partial charge on any atom is -0.479 e. The molecule has 0 radical (unpaired) electrons. The van der Waals surface area contributed by atoms with Gasteiger partial charge in [-0.1, -0.05) is 46.9 Å². The number of carbonyl (C=O) groups is 1. The van der Waals surface area contributed by atoms with Crippen molar-refractivity contribution in [3.63, 3.8) is 0 Å². The molecule has 0 saturated carbocycles. The third-order valence-corrected chi connectivity index (χ3v) is 4.99. The summed E-state index contributed by atoms with van der Waals surface area (Å²) in [5.74, 6) is -1.08. The van der Waals surface area contributed by atoms with Gasteiger partial charge in [-0.05, 0) is 56.7 Å². The van der Waals surface area contributed by atoms with Gasteiger partial charge in [0.1, 0.15) is 0 Å². The van der Waals surface area contributed by atoms with E-state index in [9.17, 15) is 9.90 Å². The van der Waals surface area contributed by atoms with Crippen molar-refractivity contribution >= 4 is 52.2 Å². The quantitative estimate of drug-likeness (QED) is 0.510. The molecular formula is C21H21Cl3N2O3.